The number of ether oxygens (including phenoxy) is 1. The van der Waals surface area contributed by atoms with Gasteiger partial charge in [0.15, 0.2) is 0 Å². The number of non-ortho nitro benzene ring substituents is 1. The van der Waals surface area contributed by atoms with Crippen LogP contribution in [0.3, 0.4) is 0 Å². The van der Waals surface area contributed by atoms with Gasteiger partial charge in [0.05, 0.1) is 30.2 Å². The third kappa shape index (κ3) is 6.52. The van der Waals surface area contributed by atoms with Crippen molar-refractivity contribution in [1.82, 2.24) is 10.7 Å². The number of nitro groups is 1. The van der Waals surface area contributed by atoms with Crippen LogP contribution in [0, 0.1) is 10.1 Å². The summed E-state index contributed by atoms with van der Waals surface area (Å²) in [6, 6.07) is 14.2. The van der Waals surface area contributed by atoms with E-state index in [9.17, 15) is 19.7 Å². The molecule has 2 rings (SSSR count). The van der Waals surface area contributed by atoms with Crippen molar-refractivity contribution in [3.8, 4) is 0 Å². The van der Waals surface area contributed by atoms with Crippen molar-refractivity contribution in [2.75, 3.05) is 6.61 Å². The lowest BCUT2D eigenvalue weighted by Gasteiger charge is -2.18. The van der Waals surface area contributed by atoms with Crippen LogP contribution in [0.25, 0.3) is 0 Å². The third-order valence-electron chi connectivity index (χ3n) is 3.67. The number of alkyl carbamates (subject to hydrolysis) is 1. The van der Waals surface area contributed by atoms with Gasteiger partial charge < -0.3 is 10.1 Å². The Morgan fingerprint density at radius 3 is 2.46 bits per heavy atom. The number of nitro benzene ring substituents is 1. The molecule has 0 saturated heterocycles. The molecule has 2 N–H and O–H groups in total. The van der Waals surface area contributed by atoms with Crippen LogP contribution in [-0.2, 0) is 9.53 Å². The van der Waals surface area contributed by atoms with Crippen LogP contribution in [0.15, 0.2) is 59.7 Å². The average Bonchev–Trinajstić information content (AvgIpc) is 2.69. The number of hydrogen-bond acceptors (Lipinski definition) is 6. The van der Waals surface area contributed by atoms with Gasteiger partial charge >= 0.3 is 6.09 Å². The molecule has 0 fully saturated rings. The molecule has 0 aliphatic rings. The van der Waals surface area contributed by atoms with Crippen molar-refractivity contribution in [2.45, 2.75) is 19.4 Å². The van der Waals surface area contributed by atoms with Crippen molar-refractivity contribution < 1.29 is 19.2 Å². The Hall–Kier alpha value is -3.75. The van der Waals surface area contributed by atoms with Crippen LogP contribution in [0.1, 0.15) is 30.5 Å². The zero-order valence-corrected chi connectivity index (χ0v) is 15.2. The Morgan fingerprint density at radius 1 is 1.18 bits per heavy atom. The molecule has 0 saturated carbocycles. The average molecular weight is 384 g/mol. The normalized spacial score (nSPS) is 11.6. The van der Waals surface area contributed by atoms with E-state index in [1.807, 2.05) is 6.07 Å². The van der Waals surface area contributed by atoms with Gasteiger partial charge in [-0.2, -0.15) is 5.10 Å². The number of nitrogens with zero attached hydrogens (tertiary/aromatic N) is 2. The predicted octanol–water partition coefficient (Wildman–Crippen LogP) is 2.92. The van der Waals surface area contributed by atoms with E-state index < -0.39 is 23.0 Å². The molecule has 0 radical (unpaired) electrons. The van der Waals surface area contributed by atoms with Crippen LogP contribution in [0.2, 0.25) is 0 Å². The SMILES string of the molecule is CCOC(=O)N[C@@H](CC(=O)N/N=C\c1ccc([N+](=O)[O-])cc1)c1ccccc1. The van der Waals surface area contributed by atoms with E-state index >= 15 is 0 Å². The minimum Gasteiger partial charge on any atom is -0.450 e. The Balaban J connectivity index is 1.96. The van der Waals surface area contributed by atoms with Crippen LogP contribution in [0.4, 0.5) is 10.5 Å². The first kappa shape index (κ1) is 20.6. The Labute approximate surface area is 161 Å². The molecule has 9 heteroatoms. The summed E-state index contributed by atoms with van der Waals surface area (Å²) < 4.78 is 4.88. The summed E-state index contributed by atoms with van der Waals surface area (Å²) in [5, 5.41) is 17.1. The quantitative estimate of drug-likeness (QED) is 0.411. The summed E-state index contributed by atoms with van der Waals surface area (Å²) in [5.74, 6) is -0.413. The highest BCUT2D eigenvalue weighted by Crippen LogP contribution is 2.16. The molecule has 0 unspecified atom stereocenters. The molecule has 1 atom stereocenters. The van der Waals surface area contributed by atoms with Crippen LogP contribution in [0.5, 0.6) is 0 Å². The molecule has 28 heavy (non-hydrogen) atoms. The van der Waals surface area contributed by atoms with Crippen molar-refractivity contribution in [3.63, 3.8) is 0 Å². The first-order valence-electron chi connectivity index (χ1n) is 8.54. The molecule has 2 aromatic rings. The second-order valence-electron chi connectivity index (χ2n) is 5.67. The maximum Gasteiger partial charge on any atom is 0.407 e. The second-order valence-corrected chi connectivity index (χ2v) is 5.67. The summed E-state index contributed by atoms with van der Waals surface area (Å²) in [6.07, 6.45) is 0.719. The number of carbonyl (C=O) groups excluding carboxylic acids is 2. The summed E-state index contributed by atoms with van der Waals surface area (Å²) >= 11 is 0. The van der Waals surface area contributed by atoms with Gasteiger partial charge in [-0.05, 0) is 30.2 Å². The fourth-order valence-corrected chi connectivity index (χ4v) is 2.34. The smallest absolute Gasteiger partial charge is 0.407 e. The van der Waals surface area contributed by atoms with Crippen LogP contribution in [-0.4, -0.2) is 29.7 Å². The van der Waals surface area contributed by atoms with E-state index in [0.717, 1.165) is 5.56 Å². The lowest BCUT2D eigenvalue weighted by atomic mass is 10.0. The van der Waals surface area contributed by atoms with Gasteiger partial charge in [-0.3, -0.25) is 14.9 Å². The molecule has 0 aliphatic carbocycles. The van der Waals surface area contributed by atoms with E-state index in [1.165, 1.54) is 30.5 Å². The van der Waals surface area contributed by atoms with E-state index in [-0.39, 0.29) is 18.7 Å². The zero-order valence-electron chi connectivity index (χ0n) is 15.2. The van der Waals surface area contributed by atoms with Gasteiger partial charge in [0, 0.05) is 12.1 Å². The largest absolute Gasteiger partial charge is 0.450 e. The summed E-state index contributed by atoms with van der Waals surface area (Å²) in [4.78, 5) is 34.1. The predicted molar refractivity (Wildman–Crippen MR) is 103 cm³/mol. The molecule has 0 aliphatic heterocycles. The molecule has 146 valence electrons. The first-order chi connectivity index (χ1) is 13.5. The van der Waals surface area contributed by atoms with E-state index in [2.05, 4.69) is 15.8 Å². The van der Waals surface area contributed by atoms with Crippen molar-refractivity contribution >= 4 is 23.9 Å². The number of carbonyl (C=O) groups is 2. The second kappa shape index (κ2) is 10.4. The number of benzene rings is 2. The lowest BCUT2D eigenvalue weighted by molar-refractivity contribution is -0.384. The highest BCUT2D eigenvalue weighted by atomic mass is 16.6. The monoisotopic (exact) mass is 384 g/mol. The minimum atomic E-state index is -0.612. The van der Waals surface area contributed by atoms with Gasteiger partial charge in [0.1, 0.15) is 0 Å². The van der Waals surface area contributed by atoms with E-state index in [4.69, 9.17) is 4.74 Å². The fourth-order valence-electron chi connectivity index (χ4n) is 2.34. The Kier molecular flexibility index (Phi) is 7.64. The van der Waals surface area contributed by atoms with E-state index in [1.54, 1.807) is 31.2 Å². The molecule has 9 nitrogen and oxygen atoms in total. The van der Waals surface area contributed by atoms with Crippen molar-refractivity contribution in [3.05, 3.63) is 75.8 Å². The van der Waals surface area contributed by atoms with Gasteiger partial charge in [0.25, 0.3) is 5.69 Å². The maximum absolute atomic E-state index is 12.2. The van der Waals surface area contributed by atoms with Crippen molar-refractivity contribution in [2.24, 2.45) is 5.10 Å². The van der Waals surface area contributed by atoms with Gasteiger partial charge in [-0.15, -0.1) is 0 Å². The van der Waals surface area contributed by atoms with Crippen LogP contribution < -0.4 is 10.7 Å². The summed E-state index contributed by atoms with van der Waals surface area (Å²) in [5.41, 5.74) is 3.70. The summed E-state index contributed by atoms with van der Waals surface area (Å²) in [6.45, 7) is 1.91. The number of hydrazone groups is 1. The molecule has 0 spiro atoms. The van der Waals surface area contributed by atoms with Gasteiger partial charge in [-0.25, -0.2) is 10.2 Å². The lowest BCUT2D eigenvalue weighted by Crippen LogP contribution is -2.33. The molecule has 0 heterocycles. The zero-order chi connectivity index (χ0) is 20.4. The molecule has 2 amide bonds. The molecule has 0 aromatic heterocycles. The third-order valence-corrected chi connectivity index (χ3v) is 3.67. The van der Waals surface area contributed by atoms with Gasteiger partial charge in [0.2, 0.25) is 5.91 Å². The topological polar surface area (TPSA) is 123 Å². The van der Waals surface area contributed by atoms with Crippen molar-refractivity contribution in [1.29, 1.82) is 0 Å². The Bertz CT molecular complexity index is 837. The first-order valence-corrected chi connectivity index (χ1v) is 8.54. The molecule has 2 aromatic carbocycles. The molecular weight excluding hydrogens is 364 g/mol. The fraction of sp³-hybridized carbons (Fsp3) is 0.211. The number of nitrogens with one attached hydrogen (secondary N) is 2. The molecular formula is C19H20N4O5. The highest BCUT2D eigenvalue weighted by Gasteiger charge is 2.18. The number of rotatable bonds is 8. The van der Waals surface area contributed by atoms with Gasteiger partial charge in [-0.1, -0.05) is 30.3 Å². The number of amides is 2. The maximum atomic E-state index is 12.2. The standard InChI is InChI=1S/C19H20N4O5/c1-2-28-19(25)21-17(15-6-4-3-5-7-15)12-18(24)22-20-13-14-8-10-16(11-9-14)23(26)27/h3-11,13,17H,2,12H2,1H3,(H,21,25)(H,22,24)/b20-13-/t17-/m0/s1. The summed E-state index contributed by atoms with van der Waals surface area (Å²) in [7, 11) is 0. The highest BCUT2D eigenvalue weighted by molar-refractivity contribution is 5.83. The minimum absolute atomic E-state index is 0.0306. The number of hydrogen-bond donors (Lipinski definition) is 2. The van der Waals surface area contributed by atoms with E-state index in [0.29, 0.717) is 5.56 Å². The van der Waals surface area contributed by atoms with Crippen LogP contribution >= 0.6 is 0 Å². The molecule has 0 bridgehead atoms. The Morgan fingerprint density at radius 2 is 1.86 bits per heavy atom.